The SMILES string of the molecule is Cc1cc(C)c(NC(=O)C(=O)N(C)C2CCN(C)CC2)c(C)c1. The highest BCUT2D eigenvalue weighted by Gasteiger charge is 2.28. The number of nitrogens with one attached hydrogen (secondary N) is 1. The van der Waals surface area contributed by atoms with Crippen LogP contribution in [0.3, 0.4) is 0 Å². The fourth-order valence-corrected chi connectivity index (χ4v) is 3.25. The lowest BCUT2D eigenvalue weighted by Crippen LogP contribution is -2.48. The van der Waals surface area contributed by atoms with E-state index in [9.17, 15) is 9.59 Å². The van der Waals surface area contributed by atoms with Crippen LogP contribution in [0.15, 0.2) is 12.1 Å². The minimum absolute atomic E-state index is 0.143. The van der Waals surface area contributed by atoms with Crippen molar-refractivity contribution in [3.05, 3.63) is 28.8 Å². The molecule has 0 aromatic heterocycles. The van der Waals surface area contributed by atoms with Crippen molar-refractivity contribution in [1.82, 2.24) is 9.80 Å². The van der Waals surface area contributed by atoms with E-state index >= 15 is 0 Å². The number of anilines is 1. The van der Waals surface area contributed by atoms with Gasteiger partial charge >= 0.3 is 11.8 Å². The van der Waals surface area contributed by atoms with Gasteiger partial charge in [0.2, 0.25) is 0 Å². The second-order valence-corrected chi connectivity index (χ2v) is 6.68. The highest BCUT2D eigenvalue weighted by atomic mass is 16.2. The van der Waals surface area contributed by atoms with Crippen LogP contribution in [0.4, 0.5) is 5.69 Å². The Labute approximate surface area is 138 Å². The fraction of sp³-hybridized carbons (Fsp3) is 0.556. The molecule has 1 saturated heterocycles. The van der Waals surface area contributed by atoms with Gasteiger partial charge in [-0.1, -0.05) is 17.7 Å². The second-order valence-electron chi connectivity index (χ2n) is 6.68. The zero-order chi connectivity index (χ0) is 17.1. The number of carbonyl (C=O) groups is 2. The van der Waals surface area contributed by atoms with Crippen molar-refractivity contribution >= 4 is 17.5 Å². The molecule has 1 aliphatic rings. The third-order valence-electron chi connectivity index (χ3n) is 4.67. The van der Waals surface area contributed by atoms with Crippen LogP contribution >= 0.6 is 0 Å². The molecule has 23 heavy (non-hydrogen) atoms. The van der Waals surface area contributed by atoms with Crippen molar-refractivity contribution in [2.45, 2.75) is 39.7 Å². The van der Waals surface area contributed by atoms with E-state index in [4.69, 9.17) is 0 Å². The summed E-state index contributed by atoms with van der Waals surface area (Å²) >= 11 is 0. The minimum Gasteiger partial charge on any atom is -0.334 e. The van der Waals surface area contributed by atoms with E-state index in [1.165, 1.54) is 0 Å². The van der Waals surface area contributed by atoms with Gasteiger partial charge in [0.15, 0.2) is 0 Å². The smallest absolute Gasteiger partial charge is 0.313 e. The van der Waals surface area contributed by atoms with E-state index in [-0.39, 0.29) is 6.04 Å². The van der Waals surface area contributed by atoms with Crippen LogP contribution in [-0.4, -0.2) is 54.8 Å². The van der Waals surface area contributed by atoms with E-state index in [2.05, 4.69) is 17.3 Å². The standard InChI is InChI=1S/C18H27N3O2/c1-12-10-13(2)16(14(3)11-12)19-17(22)18(23)21(5)15-6-8-20(4)9-7-15/h10-11,15H,6-9H2,1-5H3,(H,19,22). The zero-order valence-electron chi connectivity index (χ0n) is 14.8. The third-order valence-corrected chi connectivity index (χ3v) is 4.67. The number of piperidine rings is 1. The maximum absolute atomic E-state index is 12.4. The Morgan fingerprint density at radius 1 is 1.13 bits per heavy atom. The quantitative estimate of drug-likeness (QED) is 0.850. The number of carbonyl (C=O) groups excluding carboxylic acids is 2. The largest absolute Gasteiger partial charge is 0.334 e. The average molecular weight is 317 g/mol. The molecule has 1 heterocycles. The number of likely N-dealkylation sites (tertiary alicyclic amines) is 1. The van der Waals surface area contributed by atoms with E-state index in [0.717, 1.165) is 48.3 Å². The van der Waals surface area contributed by atoms with Crippen LogP contribution in [0, 0.1) is 20.8 Å². The molecule has 5 nitrogen and oxygen atoms in total. The van der Waals surface area contributed by atoms with Crippen LogP contribution in [0.1, 0.15) is 29.5 Å². The first-order chi connectivity index (χ1) is 10.8. The van der Waals surface area contributed by atoms with Crippen molar-refractivity contribution in [3.63, 3.8) is 0 Å². The Hall–Kier alpha value is -1.88. The van der Waals surface area contributed by atoms with Gasteiger partial charge in [-0.15, -0.1) is 0 Å². The van der Waals surface area contributed by atoms with Gasteiger partial charge in [0.25, 0.3) is 0 Å². The van der Waals surface area contributed by atoms with Crippen molar-refractivity contribution in [2.24, 2.45) is 0 Å². The molecular weight excluding hydrogens is 290 g/mol. The van der Waals surface area contributed by atoms with Gasteiger partial charge in [0.05, 0.1) is 0 Å². The van der Waals surface area contributed by atoms with E-state index < -0.39 is 11.8 Å². The fourth-order valence-electron chi connectivity index (χ4n) is 3.25. The van der Waals surface area contributed by atoms with Crippen LogP contribution in [0.2, 0.25) is 0 Å². The number of hydrogen-bond acceptors (Lipinski definition) is 3. The number of likely N-dealkylation sites (N-methyl/N-ethyl adjacent to an activating group) is 1. The minimum atomic E-state index is -0.554. The highest BCUT2D eigenvalue weighted by Crippen LogP contribution is 2.22. The van der Waals surface area contributed by atoms with Gasteiger partial charge in [-0.3, -0.25) is 9.59 Å². The van der Waals surface area contributed by atoms with Crippen molar-refractivity contribution in [1.29, 1.82) is 0 Å². The van der Waals surface area contributed by atoms with E-state index in [1.807, 2.05) is 32.9 Å². The first kappa shape index (κ1) is 17.5. The topological polar surface area (TPSA) is 52.7 Å². The molecule has 1 fully saturated rings. The van der Waals surface area contributed by atoms with Crippen LogP contribution in [-0.2, 0) is 9.59 Å². The molecule has 0 bridgehead atoms. The number of nitrogens with zero attached hydrogens (tertiary/aromatic N) is 2. The second kappa shape index (κ2) is 7.13. The molecule has 1 aliphatic heterocycles. The molecule has 0 aliphatic carbocycles. The monoisotopic (exact) mass is 317 g/mol. The van der Waals surface area contributed by atoms with Crippen molar-refractivity contribution < 1.29 is 9.59 Å². The molecule has 1 aromatic rings. The van der Waals surface area contributed by atoms with Gasteiger partial charge in [-0.25, -0.2) is 0 Å². The summed E-state index contributed by atoms with van der Waals surface area (Å²) in [4.78, 5) is 28.6. The summed E-state index contributed by atoms with van der Waals surface area (Å²) in [5.41, 5.74) is 3.84. The summed E-state index contributed by atoms with van der Waals surface area (Å²) in [7, 11) is 3.81. The molecule has 5 heteroatoms. The average Bonchev–Trinajstić information content (AvgIpc) is 2.50. The highest BCUT2D eigenvalue weighted by molar-refractivity contribution is 6.39. The van der Waals surface area contributed by atoms with Gasteiger partial charge < -0.3 is 15.1 Å². The van der Waals surface area contributed by atoms with Gasteiger partial charge in [0.1, 0.15) is 0 Å². The zero-order valence-corrected chi connectivity index (χ0v) is 14.8. The number of hydrogen-bond donors (Lipinski definition) is 1. The van der Waals surface area contributed by atoms with E-state index in [1.54, 1.807) is 11.9 Å². The summed E-state index contributed by atoms with van der Waals surface area (Å²) in [5, 5.41) is 2.79. The summed E-state index contributed by atoms with van der Waals surface area (Å²) in [6.07, 6.45) is 1.82. The van der Waals surface area contributed by atoms with E-state index in [0.29, 0.717) is 0 Å². The lowest BCUT2D eigenvalue weighted by molar-refractivity contribution is -0.144. The summed E-state index contributed by atoms with van der Waals surface area (Å²) < 4.78 is 0. The summed E-state index contributed by atoms with van der Waals surface area (Å²) in [5.74, 6) is -1.01. The molecule has 2 amide bonds. The van der Waals surface area contributed by atoms with Crippen molar-refractivity contribution in [2.75, 3.05) is 32.5 Å². The molecule has 1 aromatic carbocycles. The van der Waals surface area contributed by atoms with Gasteiger partial charge in [-0.2, -0.15) is 0 Å². The Morgan fingerprint density at radius 3 is 2.17 bits per heavy atom. The van der Waals surface area contributed by atoms with Crippen LogP contribution in [0.25, 0.3) is 0 Å². The number of aryl methyl sites for hydroxylation is 3. The normalized spacial score (nSPS) is 16.2. The first-order valence-electron chi connectivity index (χ1n) is 8.14. The molecule has 0 spiro atoms. The maximum atomic E-state index is 12.4. The summed E-state index contributed by atoms with van der Waals surface area (Å²) in [6.45, 7) is 7.83. The Morgan fingerprint density at radius 2 is 1.65 bits per heavy atom. The molecule has 0 radical (unpaired) electrons. The first-order valence-corrected chi connectivity index (χ1v) is 8.14. The molecule has 126 valence electrons. The molecular formula is C18H27N3O2. The number of rotatable bonds is 2. The molecule has 1 N–H and O–H groups in total. The molecule has 0 unspecified atom stereocenters. The molecule has 0 atom stereocenters. The van der Waals surface area contributed by atoms with Crippen LogP contribution < -0.4 is 5.32 Å². The van der Waals surface area contributed by atoms with Gasteiger partial charge in [-0.05, 0) is 64.9 Å². The Balaban J connectivity index is 2.04. The number of amides is 2. The Kier molecular flexibility index (Phi) is 5.42. The lowest BCUT2D eigenvalue weighted by atomic mass is 10.0. The Bertz CT molecular complexity index is 581. The molecule has 0 saturated carbocycles. The van der Waals surface area contributed by atoms with Gasteiger partial charge in [0, 0.05) is 18.8 Å². The third kappa shape index (κ3) is 4.10. The van der Waals surface area contributed by atoms with Crippen molar-refractivity contribution in [3.8, 4) is 0 Å². The summed E-state index contributed by atoms with van der Waals surface area (Å²) in [6, 6.07) is 4.16. The maximum Gasteiger partial charge on any atom is 0.313 e. The number of benzene rings is 1. The predicted molar refractivity (Wildman–Crippen MR) is 92.6 cm³/mol. The predicted octanol–water partition coefficient (Wildman–Crippen LogP) is 2.10. The molecule has 2 rings (SSSR count). The lowest BCUT2D eigenvalue weighted by Gasteiger charge is -2.34. The van der Waals surface area contributed by atoms with Crippen LogP contribution in [0.5, 0.6) is 0 Å².